The number of anilines is 1. The lowest BCUT2D eigenvalue weighted by molar-refractivity contribution is -0.115. The highest BCUT2D eigenvalue weighted by atomic mass is 32.1. The van der Waals surface area contributed by atoms with Gasteiger partial charge in [0.25, 0.3) is 0 Å². The van der Waals surface area contributed by atoms with Gasteiger partial charge in [0.2, 0.25) is 5.91 Å². The van der Waals surface area contributed by atoms with Gasteiger partial charge in [0.1, 0.15) is 23.1 Å². The van der Waals surface area contributed by atoms with Crippen LogP contribution in [-0.4, -0.2) is 25.1 Å². The first kappa shape index (κ1) is 18.8. The van der Waals surface area contributed by atoms with Crippen LogP contribution in [0.25, 0.3) is 11.3 Å². The highest BCUT2D eigenvalue weighted by Crippen LogP contribution is 2.28. The van der Waals surface area contributed by atoms with Crippen molar-refractivity contribution in [3.8, 4) is 22.8 Å². The first-order valence-electron chi connectivity index (χ1n) is 7.92. The average molecular weight is 390 g/mol. The third kappa shape index (κ3) is 4.40. The van der Waals surface area contributed by atoms with E-state index >= 15 is 0 Å². The van der Waals surface area contributed by atoms with E-state index in [-0.39, 0.29) is 23.6 Å². The lowest BCUT2D eigenvalue weighted by Gasteiger charge is -2.10. The van der Waals surface area contributed by atoms with E-state index in [9.17, 15) is 13.6 Å². The van der Waals surface area contributed by atoms with Gasteiger partial charge in [0.05, 0.1) is 26.3 Å². The van der Waals surface area contributed by atoms with Crippen LogP contribution in [0.1, 0.15) is 5.56 Å². The first-order valence-corrected chi connectivity index (χ1v) is 8.80. The minimum absolute atomic E-state index is 0.0450. The Morgan fingerprint density at radius 3 is 2.70 bits per heavy atom. The molecule has 0 bridgehead atoms. The summed E-state index contributed by atoms with van der Waals surface area (Å²) < 4.78 is 37.6. The maximum Gasteiger partial charge on any atom is 0.230 e. The Morgan fingerprint density at radius 1 is 1.15 bits per heavy atom. The predicted octanol–water partition coefficient (Wildman–Crippen LogP) is 4.29. The smallest absolute Gasteiger partial charge is 0.230 e. The summed E-state index contributed by atoms with van der Waals surface area (Å²) in [6.07, 6.45) is 0.0659. The molecule has 0 saturated heterocycles. The molecule has 2 aromatic carbocycles. The van der Waals surface area contributed by atoms with E-state index in [4.69, 9.17) is 9.47 Å². The molecule has 0 fully saturated rings. The van der Waals surface area contributed by atoms with Crippen LogP contribution in [0.15, 0.2) is 41.8 Å². The summed E-state index contributed by atoms with van der Waals surface area (Å²) in [5.41, 5.74) is 0.988. The van der Waals surface area contributed by atoms with Gasteiger partial charge in [-0.1, -0.05) is 6.07 Å². The number of halogens is 2. The lowest BCUT2D eigenvalue weighted by atomic mass is 10.1. The summed E-state index contributed by atoms with van der Waals surface area (Å²) in [6, 6.07) is 8.31. The number of methoxy groups -OCH3 is 2. The van der Waals surface area contributed by atoms with E-state index in [1.54, 1.807) is 30.7 Å². The molecule has 0 spiro atoms. The van der Waals surface area contributed by atoms with Crippen LogP contribution < -0.4 is 14.8 Å². The molecule has 3 rings (SSSR count). The monoisotopic (exact) mass is 390 g/mol. The third-order valence-electron chi connectivity index (χ3n) is 3.80. The molecule has 1 amide bonds. The summed E-state index contributed by atoms with van der Waals surface area (Å²) >= 11 is 1.13. The van der Waals surface area contributed by atoms with Crippen LogP contribution in [-0.2, 0) is 11.2 Å². The molecule has 0 radical (unpaired) electrons. The maximum absolute atomic E-state index is 13.8. The maximum atomic E-state index is 13.8. The van der Waals surface area contributed by atoms with Crippen molar-refractivity contribution < 1.29 is 23.0 Å². The number of aromatic nitrogens is 1. The summed E-state index contributed by atoms with van der Waals surface area (Å²) in [5, 5.41) is 4.51. The van der Waals surface area contributed by atoms with Crippen LogP contribution in [0.3, 0.4) is 0 Å². The van der Waals surface area contributed by atoms with Crippen molar-refractivity contribution in [2.75, 3.05) is 19.5 Å². The van der Waals surface area contributed by atoms with Crippen molar-refractivity contribution in [2.24, 2.45) is 0 Å². The zero-order chi connectivity index (χ0) is 19.4. The topological polar surface area (TPSA) is 60.5 Å². The molecule has 0 aliphatic carbocycles. The van der Waals surface area contributed by atoms with Gasteiger partial charge >= 0.3 is 0 Å². The van der Waals surface area contributed by atoms with Crippen LogP contribution in [0.5, 0.6) is 11.5 Å². The molecule has 27 heavy (non-hydrogen) atoms. The zero-order valence-corrected chi connectivity index (χ0v) is 15.4. The molecule has 3 aromatic rings. The largest absolute Gasteiger partial charge is 0.497 e. The van der Waals surface area contributed by atoms with E-state index in [2.05, 4.69) is 10.3 Å². The number of rotatable bonds is 6. The Hall–Kier alpha value is -3.00. The van der Waals surface area contributed by atoms with Crippen LogP contribution in [0, 0.1) is 11.6 Å². The van der Waals surface area contributed by atoms with E-state index in [0.29, 0.717) is 22.2 Å². The highest BCUT2D eigenvalue weighted by Gasteiger charge is 2.14. The van der Waals surface area contributed by atoms with E-state index in [0.717, 1.165) is 29.5 Å². The highest BCUT2D eigenvalue weighted by molar-refractivity contribution is 7.14. The molecule has 0 atom stereocenters. The number of carbonyl (C=O) groups is 1. The Kier molecular flexibility index (Phi) is 5.66. The molecule has 0 saturated carbocycles. The Balaban J connectivity index is 1.72. The Morgan fingerprint density at radius 2 is 1.96 bits per heavy atom. The fourth-order valence-electron chi connectivity index (χ4n) is 2.48. The average Bonchev–Trinajstić information content (AvgIpc) is 3.12. The van der Waals surface area contributed by atoms with Crippen LogP contribution >= 0.6 is 11.3 Å². The number of hydrogen-bond acceptors (Lipinski definition) is 5. The standard InChI is InChI=1S/C19H16F2N2O3S/c1-25-13-5-3-11(17(9-13)26-2)7-18(24)23-19-22-16(10-27-19)14-8-12(20)4-6-15(14)21/h3-6,8-10H,7H2,1-2H3,(H,22,23,24). The van der Waals surface area contributed by atoms with Crippen LogP contribution in [0.4, 0.5) is 13.9 Å². The summed E-state index contributed by atoms with van der Waals surface area (Å²) in [4.78, 5) is 16.5. The molecular weight excluding hydrogens is 374 g/mol. The van der Waals surface area contributed by atoms with Gasteiger partial charge in [-0.2, -0.15) is 0 Å². The molecule has 0 unspecified atom stereocenters. The van der Waals surface area contributed by atoms with Crippen molar-refractivity contribution >= 4 is 22.4 Å². The molecule has 0 aliphatic rings. The number of nitrogens with one attached hydrogen (secondary N) is 1. The number of nitrogens with zero attached hydrogens (tertiary/aromatic N) is 1. The number of carbonyl (C=O) groups excluding carboxylic acids is 1. The number of benzene rings is 2. The third-order valence-corrected chi connectivity index (χ3v) is 4.56. The lowest BCUT2D eigenvalue weighted by Crippen LogP contribution is -2.14. The van der Waals surface area contributed by atoms with Gasteiger partial charge < -0.3 is 14.8 Å². The zero-order valence-electron chi connectivity index (χ0n) is 14.6. The number of amides is 1. The van der Waals surface area contributed by atoms with Gasteiger partial charge in [-0.15, -0.1) is 11.3 Å². The summed E-state index contributed by atoms with van der Waals surface area (Å²) in [6.45, 7) is 0. The predicted molar refractivity (Wildman–Crippen MR) is 99.3 cm³/mol. The second-order valence-corrected chi connectivity index (χ2v) is 6.42. The molecule has 1 aromatic heterocycles. The van der Waals surface area contributed by atoms with Crippen molar-refractivity contribution in [1.82, 2.24) is 4.98 Å². The van der Waals surface area contributed by atoms with Gasteiger partial charge in [0.15, 0.2) is 5.13 Å². The van der Waals surface area contributed by atoms with Crippen LogP contribution in [0.2, 0.25) is 0 Å². The van der Waals surface area contributed by atoms with Crippen molar-refractivity contribution in [2.45, 2.75) is 6.42 Å². The van der Waals surface area contributed by atoms with Crippen molar-refractivity contribution in [3.05, 3.63) is 59.0 Å². The Labute approximate surface area is 158 Å². The van der Waals surface area contributed by atoms with E-state index in [1.807, 2.05) is 0 Å². The van der Waals surface area contributed by atoms with Crippen molar-refractivity contribution in [3.63, 3.8) is 0 Å². The molecule has 5 nitrogen and oxygen atoms in total. The second-order valence-electron chi connectivity index (χ2n) is 5.56. The summed E-state index contributed by atoms with van der Waals surface area (Å²) in [5.74, 6) is -0.290. The molecule has 0 aliphatic heterocycles. The SMILES string of the molecule is COc1ccc(CC(=O)Nc2nc(-c3cc(F)ccc3F)cs2)c(OC)c1. The molecule has 1 N–H and O–H groups in total. The number of ether oxygens (including phenoxy) is 2. The number of thiazole rings is 1. The van der Waals surface area contributed by atoms with E-state index in [1.165, 1.54) is 7.11 Å². The normalized spacial score (nSPS) is 10.5. The minimum Gasteiger partial charge on any atom is -0.497 e. The molecular formula is C19H16F2N2O3S. The fourth-order valence-corrected chi connectivity index (χ4v) is 3.21. The summed E-state index contributed by atoms with van der Waals surface area (Å²) in [7, 11) is 3.06. The van der Waals surface area contributed by atoms with Gasteiger partial charge in [-0.05, 0) is 24.3 Å². The molecule has 8 heteroatoms. The fraction of sp³-hybridized carbons (Fsp3) is 0.158. The van der Waals surface area contributed by atoms with E-state index < -0.39 is 11.6 Å². The minimum atomic E-state index is -0.581. The van der Waals surface area contributed by atoms with Gasteiger partial charge in [0, 0.05) is 22.6 Å². The second kappa shape index (κ2) is 8.13. The van der Waals surface area contributed by atoms with Gasteiger partial charge in [-0.25, -0.2) is 13.8 Å². The van der Waals surface area contributed by atoms with Crippen molar-refractivity contribution in [1.29, 1.82) is 0 Å². The quantitative estimate of drug-likeness (QED) is 0.682. The van der Waals surface area contributed by atoms with Gasteiger partial charge in [-0.3, -0.25) is 4.79 Å². The Bertz CT molecular complexity index is 975. The molecule has 140 valence electrons. The molecule has 1 heterocycles. The number of hydrogen-bond donors (Lipinski definition) is 1. The first-order chi connectivity index (χ1) is 13.0.